The van der Waals surface area contributed by atoms with Crippen LogP contribution in [0.3, 0.4) is 0 Å². The fraction of sp³-hybridized carbons (Fsp3) is 0.316. The van der Waals surface area contributed by atoms with Gasteiger partial charge in [-0.1, -0.05) is 5.16 Å². The Kier molecular flexibility index (Phi) is 4.88. The van der Waals surface area contributed by atoms with Crippen LogP contribution < -0.4 is 10.1 Å². The van der Waals surface area contributed by atoms with Crippen molar-refractivity contribution in [1.82, 2.24) is 15.0 Å². The van der Waals surface area contributed by atoms with Crippen LogP contribution >= 0.6 is 0 Å². The third kappa shape index (κ3) is 4.01. The van der Waals surface area contributed by atoms with Gasteiger partial charge in [0.2, 0.25) is 17.6 Å². The number of benzene rings is 1. The third-order valence-corrected chi connectivity index (χ3v) is 4.31. The van der Waals surface area contributed by atoms with Crippen molar-refractivity contribution in [3.05, 3.63) is 48.6 Å². The van der Waals surface area contributed by atoms with E-state index >= 15 is 0 Å². The van der Waals surface area contributed by atoms with E-state index in [1.807, 2.05) is 36.1 Å². The summed E-state index contributed by atoms with van der Waals surface area (Å²) in [5, 5.41) is 6.82. The fourth-order valence-corrected chi connectivity index (χ4v) is 2.97. The van der Waals surface area contributed by atoms with Crippen LogP contribution in [0.2, 0.25) is 0 Å². The normalized spacial score (nSPS) is 14.7. The van der Waals surface area contributed by atoms with Crippen molar-refractivity contribution in [2.75, 3.05) is 31.6 Å². The minimum absolute atomic E-state index is 0.0561. The van der Waals surface area contributed by atoms with Gasteiger partial charge in [0, 0.05) is 18.8 Å². The fourth-order valence-electron chi connectivity index (χ4n) is 2.97. The predicted molar refractivity (Wildman–Crippen MR) is 97.4 cm³/mol. The van der Waals surface area contributed by atoms with E-state index in [9.17, 15) is 4.79 Å². The zero-order valence-corrected chi connectivity index (χ0v) is 14.9. The number of aromatic nitrogens is 2. The van der Waals surface area contributed by atoms with E-state index in [4.69, 9.17) is 13.7 Å². The second-order valence-electron chi connectivity index (χ2n) is 6.33. The largest absolute Gasteiger partial charge is 0.494 e. The summed E-state index contributed by atoms with van der Waals surface area (Å²) in [6.45, 7) is 4.28. The highest BCUT2D eigenvalue weighted by Gasteiger charge is 2.33. The number of furan rings is 1. The Labute approximate surface area is 156 Å². The lowest BCUT2D eigenvalue weighted by Crippen LogP contribution is -2.48. The quantitative estimate of drug-likeness (QED) is 0.685. The molecular formula is C19H20N4O4. The first kappa shape index (κ1) is 17.3. The Bertz CT molecular complexity index is 883. The minimum Gasteiger partial charge on any atom is -0.494 e. The topological polar surface area (TPSA) is 93.6 Å². The van der Waals surface area contributed by atoms with Gasteiger partial charge in [0.15, 0.2) is 5.76 Å². The lowest BCUT2D eigenvalue weighted by molar-refractivity contribution is -0.118. The van der Waals surface area contributed by atoms with E-state index in [0.717, 1.165) is 11.4 Å². The van der Waals surface area contributed by atoms with Crippen molar-refractivity contribution in [1.29, 1.82) is 0 Å². The lowest BCUT2D eigenvalue weighted by atomic mass is 10.0. The first-order valence-electron chi connectivity index (χ1n) is 8.84. The molecule has 1 saturated heterocycles. The van der Waals surface area contributed by atoms with Crippen LogP contribution in [-0.4, -0.2) is 47.2 Å². The molecule has 1 fully saturated rings. The van der Waals surface area contributed by atoms with Crippen LogP contribution in [0, 0.1) is 0 Å². The standard InChI is InChI=1S/C19H20N4O4/c1-2-25-15-7-5-14(6-8-15)20-17(24)12-23-10-13(11-23)19-21-18(22-27-19)16-4-3-9-26-16/h3-9,13H,2,10-12H2,1H3,(H,20,24). The molecule has 1 amide bonds. The number of carbonyl (C=O) groups excluding carboxylic acids is 1. The van der Waals surface area contributed by atoms with Crippen LogP contribution in [-0.2, 0) is 4.79 Å². The number of likely N-dealkylation sites (tertiary alicyclic amines) is 1. The maximum atomic E-state index is 12.2. The molecule has 3 aromatic rings. The van der Waals surface area contributed by atoms with Crippen molar-refractivity contribution < 1.29 is 18.5 Å². The van der Waals surface area contributed by atoms with Crippen LogP contribution in [0.4, 0.5) is 5.69 Å². The molecule has 1 aromatic carbocycles. The maximum absolute atomic E-state index is 12.2. The molecule has 0 saturated carbocycles. The second kappa shape index (κ2) is 7.63. The summed E-state index contributed by atoms with van der Waals surface area (Å²) < 4.78 is 16.0. The summed E-state index contributed by atoms with van der Waals surface area (Å²) in [6.07, 6.45) is 1.57. The predicted octanol–water partition coefficient (Wildman–Crippen LogP) is 2.77. The van der Waals surface area contributed by atoms with Gasteiger partial charge in [0.25, 0.3) is 0 Å². The molecule has 1 aliphatic heterocycles. The molecule has 8 heteroatoms. The number of amides is 1. The van der Waals surface area contributed by atoms with Gasteiger partial charge < -0.3 is 19.0 Å². The van der Waals surface area contributed by atoms with E-state index < -0.39 is 0 Å². The molecule has 0 aliphatic carbocycles. The van der Waals surface area contributed by atoms with Gasteiger partial charge in [-0.15, -0.1) is 0 Å². The molecule has 0 spiro atoms. The van der Waals surface area contributed by atoms with Gasteiger partial charge in [-0.05, 0) is 43.3 Å². The molecule has 2 aromatic heterocycles. The summed E-state index contributed by atoms with van der Waals surface area (Å²) in [5.41, 5.74) is 0.750. The number of ether oxygens (including phenoxy) is 1. The smallest absolute Gasteiger partial charge is 0.238 e. The number of nitrogens with zero attached hydrogens (tertiary/aromatic N) is 3. The molecule has 140 valence electrons. The Morgan fingerprint density at radius 1 is 1.30 bits per heavy atom. The van der Waals surface area contributed by atoms with Crippen molar-refractivity contribution in [2.45, 2.75) is 12.8 Å². The van der Waals surface area contributed by atoms with Crippen molar-refractivity contribution in [2.24, 2.45) is 0 Å². The molecule has 0 unspecified atom stereocenters. The highest BCUT2D eigenvalue weighted by Crippen LogP contribution is 2.27. The van der Waals surface area contributed by atoms with E-state index in [1.165, 1.54) is 0 Å². The average Bonchev–Trinajstić information content (AvgIpc) is 3.31. The Hall–Kier alpha value is -3.13. The first-order chi connectivity index (χ1) is 13.2. The van der Waals surface area contributed by atoms with Gasteiger partial charge in [0.1, 0.15) is 5.75 Å². The van der Waals surface area contributed by atoms with Crippen molar-refractivity contribution in [3.8, 4) is 17.3 Å². The first-order valence-corrected chi connectivity index (χ1v) is 8.84. The number of anilines is 1. The van der Waals surface area contributed by atoms with Crippen LogP contribution in [0.1, 0.15) is 18.7 Å². The highest BCUT2D eigenvalue weighted by molar-refractivity contribution is 5.92. The summed E-state index contributed by atoms with van der Waals surface area (Å²) in [7, 11) is 0. The van der Waals surface area contributed by atoms with E-state index in [1.54, 1.807) is 18.4 Å². The monoisotopic (exact) mass is 368 g/mol. The Balaban J connectivity index is 1.24. The molecular weight excluding hydrogens is 348 g/mol. The molecule has 4 rings (SSSR count). The van der Waals surface area contributed by atoms with Crippen LogP contribution in [0.25, 0.3) is 11.6 Å². The van der Waals surface area contributed by atoms with E-state index in [-0.39, 0.29) is 11.8 Å². The Morgan fingerprint density at radius 2 is 2.11 bits per heavy atom. The molecule has 3 heterocycles. The summed E-state index contributed by atoms with van der Waals surface area (Å²) in [5.74, 6) is 2.47. The SMILES string of the molecule is CCOc1ccc(NC(=O)CN2CC(c3nc(-c4ccco4)no3)C2)cc1. The summed E-state index contributed by atoms with van der Waals surface area (Å²) >= 11 is 0. The number of hydrogen-bond acceptors (Lipinski definition) is 7. The van der Waals surface area contributed by atoms with Crippen molar-refractivity contribution in [3.63, 3.8) is 0 Å². The number of rotatable bonds is 7. The zero-order valence-electron chi connectivity index (χ0n) is 14.9. The third-order valence-electron chi connectivity index (χ3n) is 4.31. The molecule has 0 bridgehead atoms. The molecule has 0 radical (unpaired) electrons. The molecule has 1 aliphatic rings. The van der Waals surface area contributed by atoms with Gasteiger partial charge in [-0.25, -0.2) is 0 Å². The molecule has 8 nitrogen and oxygen atoms in total. The lowest BCUT2D eigenvalue weighted by Gasteiger charge is -2.36. The summed E-state index contributed by atoms with van der Waals surface area (Å²) in [6, 6.07) is 10.9. The van der Waals surface area contributed by atoms with Crippen LogP contribution in [0.15, 0.2) is 51.6 Å². The Morgan fingerprint density at radius 3 is 2.81 bits per heavy atom. The van der Waals surface area contributed by atoms with Crippen molar-refractivity contribution >= 4 is 11.6 Å². The van der Waals surface area contributed by atoms with E-state index in [2.05, 4.69) is 15.5 Å². The van der Waals surface area contributed by atoms with Gasteiger partial charge in [-0.3, -0.25) is 9.69 Å². The number of nitrogens with one attached hydrogen (secondary N) is 1. The average molecular weight is 368 g/mol. The second-order valence-corrected chi connectivity index (χ2v) is 6.33. The van der Waals surface area contributed by atoms with Crippen LogP contribution in [0.5, 0.6) is 5.75 Å². The molecule has 27 heavy (non-hydrogen) atoms. The molecule has 1 N–H and O–H groups in total. The van der Waals surface area contributed by atoms with E-state index in [0.29, 0.717) is 43.7 Å². The van der Waals surface area contributed by atoms with Gasteiger partial charge in [0.05, 0.1) is 25.3 Å². The molecule has 0 atom stereocenters. The van der Waals surface area contributed by atoms with Gasteiger partial charge >= 0.3 is 0 Å². The summed E-state index contributed by atoms with van der Waals surface area (Å²) in [4.78, 5) is 18.6. The zero-order chi connectivity index (χ0) is 18.6. The minimum atomic E-state index is -0.0561. The van der Waals surface area contributed by atoms with Gasteiger partial charge in [-0.2, -0.15) is 4.98 Å². The number of hydrogen-bond donors (Lipinski definition) is 1. The number of carbonyl (C=O) groups is 1. The highest BCUT2D eigenvalue weighted by atomic mass is 16.5. The maximum Gasteiger partial charge on any atom is 0.238 e.